The number of phenolic OH excluding ortho intramolecular Hbond substituents is 2. The zero-order valence-electron chi connectivity index (χ0n) is 12.6. The van der Waals surface area contributed by atoms with Gasteiger partial charge in [-0.1, -0.05) is 19.1 Å². The van der Waals surface area contributed by atoms with Crippen LogP contribution in [0.3, 0.4) is 0 Å². The zero-order chi connectivity index (χ0) is 17.3. The Hall–Kier alpha value is -2.70. The highest BCUT2D eigenvalue weighted by Crippen LogP contribution is 2.51. The minimum absolute atomic E-state index is 0.0130. The van der Waals surface area contributed by atoms with Crippen molar-refractivity contribution < 1.29 is 30.0 Å². The Kier molecular flexibility index (Phi) is 2.88. The lowest BCUT2D eigenvalue weighted by Crippen LogP contribution is -2.38. The van der Waals surface area contributed by atoms with Gasteiger partial charge in [-0.2, -0.15) is 0 Å². The maximum absolute atomic E-state index is 12.8. The third-order valence-electron chi connectivity index (χ3n) is 4.92. The molecule has 6 heteroatoms. The standard InChI is InChI=1S/C18H14O6/c1-6-15(21)8-5-10(20)13-11-7(3-2-4-9(11)19)17(23)14(13)12(8)18(24)16(6)22/h2-6,16,18-20,22,24H,1H3/t6-,16+,18-/m0/s1. The fraction of sp³-hybridized carbons (Fsp3) is 0.222. The number of phenols is 2. The SMILES string of the molecule is C[C@H]1C(=O)c2cc(O)c3c(c2[C@H](O)[C@@H]1O)C(=O)c1cccc(O)c1-3. The topological polar surface area (TPSA) is 115 Å². The largest absolute Gasteiger partial charge is 0.507 e. The van der Waals surface area contributed by atoms with Crippen molar-refractivity contribution in [1.82, 2.24) is 0 Å². The second kappa shape index (κ2) is 4.66. The molecule has 24 heavy (non-hydrogen) atoms. The first-order chi connectivity index (χ1) is 11.3. The number of aromatic hydroxyl groups is 2. The molecule has 0 unspecified atom stereocenters. The van der Waals surface area contributed by atoms with Gasteiger partial charge in [0.15, 0.2) is 11.6 Å². The third-order valence-corrected chi connectivity index (χ3v) is 4.92. The molecular weight excluding hydrogens is 312 g/mol. The van der Waals surface area contributed by atoms with Crippen LogP contribution in [0.4, 0.5) is 0 Å². The van der Waals surface area contributed by atoms with Gasteiger partial charge in [0.2, 0.25) is 0 Å². The number of aliphatic hydroxyl groups is 2. The Morgan fingerprint density at radius 3 is 2.33 bits per heavy atom. The Labute approximate surface area is 136 Å². The number of rotatable bonds is 0. The van der Waals surface area contributed by atoms with Crippen molar-refractivity contribution in [2.45, 2.75) is 19.1 Å². The van der Waals surface area contributed by atoms with Gasteiger partial charge in [0.1, 0.15) is 17.6 Å². The van der Waals surface area contributed by atoms with Gasteiger partial charge >= 0.3 is 0 Å². The van der Waals surface area contributed by atoms with Crippen molar-refractivity contribution in [3.8, 4) is 22.6 Å². The van der Waals surface area contributed by atoms with Crippen molar-refractivity contribution in [3.05, 3.63) is 46.5 Å². The van der Waals surface area contributed by atoms with Gasteiger partial charge in [-0.25, -0.2) is 0 Å². The number of Topliss-reactive ketones (excluding diaryl/α,β-unsaturated/α-hetero) is 1. The summed E-state index contributed by atoms with van der Waals surface area (Å²) in [5.74, 6) is -2.30. The monoisotopic (exact) mass is 326 g/mol. The summed E-state index contributed by atoms with van der Waals surface area (Å²) in [7, 11) is 0. The van der Waals surface area contributed by atoms with E-state index in [0.29, 0.717) is 0 Å². The molecule has 0 radical (unpaired) electrons. The molecule has 0 saturated carbocycles. The lowest BCUT2D eigenvalue weighted by atomic mass is 9.76. The molecule has 2 aromatic carbocycles. The molecule has 0 aromatic heterocycles. The zero-order valence-corrected chi connectivity index (χ0v) is 12.6. The first-order valence-corrected chi connectivity index (χ1v) is 7.51. The van der Waals surface area contributed by atoms with E-state index in [1.165, 1.54) is 31.2 Å². The van der Waals surface area contributed by atoms with Crippen LogP contribution in [0.25, 0.3) is 11.1 Å². The number of carbonyl (C=O) groups is 2. The summed E-state index contributed by atoms with van der Waals surface area (Å²) in [4.78, 5) is 25.2. The Morgan fingerprint density at radius 2 is 1.62 bits per heavy atom. The Morgan fingerprint density at radius 1 is 0.917 bits per heavy atom. The molecule has 2 aliphatic carbocycles. The molecule has 2 aromatic rings. The Balaban J connectivity index is 2.12. The fourth-order valence-corrected chi connectivity index (χ4v) is 3.66. The molecule has 0 saturated heterocycles. The number of ketones is 2. The summed E-state index contributed by atoms with van der Waals surface area (Å²) in [5, 5.41) is 41.0. The quantitative estimate of drug-likeness (QED) is 0.498. The number of carbonyl (C=O) groups excluding carboxylic acids is 2. The van der Waals surface area contributed by atoms with Crippen molar-refractivity contribution in [3.63, 3.8) is 0 Å². The molecular formula is C18H14O6. The summed E-state index contributed by atoms with van der Waals surface area (Å²) in [6.45, 7) is 1.48. The smallest absolute Gasteiger partial charge is 0.194 e. The minimum atomic E-state index is -1.43. The predicted molar refractivity (Wildman–Crippen MR) is 83.1 cm³/mol. The highest BCUT2D eigenvalue weighted by molar-refractivity contribution is 6.25. The summed E-state index contributed by atoms with van der Waals surface area (Å²) in [6, 6.07) is 5.58. The molecule has 3 atom stereocenters. The number of hydrogen-bond acceptors (Lipinski definition) is 6. The first-order valence-electron chi connectivity index (χ1n) is 7.51. The molecule has 0 spiro atoms. The summed E-state index contributed by atoms with van der Waals surface area (Å²) >= 11 is 0. The molecule has 122 valence electrons. The van der Waals surface area contributed by atoms with Gasteiger partial charge in [-0.15, -0.1) is 0 Å². The molecule has 0 bridgehead atoms. The van der Waals surface area contributed by atoms with E-state index >= 15 is 0 Å². The van der Waals surface area contributed by atoms with Crippen LogP contribution in [0.2, 0.25) is 0 Å². The highest BCUT2D eigenvalue weighted by Gasteiger charge is 2.44. The molecule has 2 aliphatic rings. The summed E-state index contributed by atoms with van der Waals surface area (Å²) in [6.07, 6.45) is -2.77. The predicted octanol–water partition coefficient (Wildman–Crippen LogP) is 1.54. The molecule has 0 amide bonds. The van der Waals surface area contributed by atoms with Crippen molar-refractivity contribution in [1.29, 1.82) is 0 Å². The van der Waals surface area contributed by atoms with Crippen molar-refractivity contribution in [2.75, 3.05) is 0 Å². The van der Waals surface area contributed by atoms with Crippen LogP contribution in [0.1, 0.15) is 44.9 Å². The molecule has 0 aliphatic heterocycles. The normalized spacial score (nSPS) is 24.5. The lowest BCUT2D eigenvalue weighted by Gasteiger charge is -2.32. The average Bonchev–Trinajstić information content (AvgIpc) is 2.86. The number of fused-ring (bicyclic) bond motifs is 5. The second-order valence-corrected chi connectivity index (χ2v) is 6.22. The molecule has 4 N–H and O–H groups in total. The van der Waals surface area contributed by atoms with Crippen LogP contribution in [0, 0.1) is 5.92 Å². The van der Waals surface area contributed by atoms with Gasteiger partial charge in [0.25, 0.3) is 0 Å². The maximum Gasteiger partial charge on any atom is 0.194 e. The van der Waals surface area contributed by atoms with Crippen molar-refractivity contribution in [2.24, 2.45) is 5.92 Å². The van der Waals surface area contributed by atoms with E-state index in [0.717, 1.165) is 0 Å². The van der Waals surface area contributed by atoms with E-state index in [9.17, 15) is 30.0 Å². The van der Waals surface area contributed by atoms with E-state index < -0.39 is 29.7 Å². The number of benzene rings is 2. The number of hydrogen-bond donors (Lipinski definition) is 4. The third kappa shape index (κ3) is 1.61. The van der Waals surface area contributed by atoms with Gasteiger partial charge in [0, 0.05) is 39.3 Å². The summed E-state index contributed by atoms with van der Waals surface area (Å²) in [5.41, 5.74) is 0.442. The molecule has 4 rings (SSSR count). The van der Waals surface area contributed by atoms with Crippen LogP contribution < -0.4 is 0 Å². The molecule has 0 fully saturated rings. The average molecular weight is 326 g/mol. The maximum atomic E-state index is 12.8. The van der Waals surface area contributed by atoms with Gasteiger partial charge in [-0.05, 0) is 12.1 Å². The second-order valence-electron chi connectivity index (χ2n) is 6.22. The number of aliphatic hydroxyl groups excluding tert-OH is 2. The van der Waals surface area contributed by atoms with E-state index in [1.807, 2.05) is 0 Å². The molecule has 6 nitrogen and oxygen atoms in total. The van der Waals surface area contributed by atoms with E-state index in [2.05, 4.69) is 0 Å². The lowest BCUT2D eigenvalue weighted by molar-refractivity contribution is -0.0158. The van der Waals surface area contributed by atoms with E-state index in [4.69, 9.17) is 0 Å². The van der Waals surface area contributed by atoms with Crippen molar-refractivity contribution >= 4 is 11.6 Å². The Bertz CT molecular complexity index is 930. The fourth-order valence-electron chi connectivity index (χ4n) is 3.66. The van der Waals surface area contributed by atoms with Crippen LogP contribution >= 0.6 is 0 Å². The highest BCUT2D eigenvalue weighted by atomic mass is 16.3. The van der Waals surface area contributed by atoms with Gasteiger partial charge in [-0.3, -0.25) is 9.59 Å². The summed E-state index contributed by atoms with van der Waals surface area (Å²) < 4.78 is 0. The van der Waals surface area contributed by atoms with Crippen LogP contribution in [-0.2, 0) is 0 Å². The van der Waals surface area contributed by atoms with Crippen LogP contribution in [0.5, 0.6) is 11.5 Å². The first kappa shape index (κ1) is 14.9. The molecule has 0 heterocycles. The van der Waals surface area contributed by atoms with E-state index in [-0.39, 0.29) is 44.9 Å². The minimum Gasteiger partial charge on any atom is -0.507 e. The van der Waals surface area contributed by atoms with Crippen LogP contribution in [-0.4, -0.2) is 38.1 Å². The van der Waals surface area contributed by atoms with E-state index in [1.54, 1.807) is 0 Å². The van der Waals surface area contributed by atoms with Gasteiger partial charge in [0.05, 0.1) is 6.10 Å². The van der Waals surface area contributed by atoms with Crippen LogP contribution in [0.15, 0.2) is 24.3 Å². The van der Waals surface area contributed by atoms with Gasteiger partial charge < -0.3 is 20.4 Å².